The highest BCUT2D eigenvalue weighted by Gasteiger charge is 2.21. The van der Waals surface area contributed by atoms with E-state index in [1.54, 1.807) is 11.7 Å². The van der Waals surface area contributed by atoms with Gasteiger partial charge in [-0.25, -0.2) is 0 Å². The molecule has 0 saturated heterocycles. The first-order valence-electron chi connectivity index (χ1n) is 8.15. The molecule has 25 heavy (non-hydrogen) atoms. The SMILES string of the molecule is CNC(=O)[C@H](Cc1cccc(Br)c1)n1ccc(-c2cccc(C)c2)n1. The average Bonchev–Trinajstić information content (AvgIpc) is 3.09. The van der Waals surface area contributed by atoms with E-state index in [-0.39, 0.29) is 5.91 Å². The molecule has 0 spiro atoms. The summed E-state index contributed by atoms with van der Waals surface area (Å²) < 4.78 is 2.75. The molecular formula is C20H20BrN3O. The van der Waals surface area contributed by atoms with E-state index in [9.17, 15) is 4.79 Å². The minimum atomic E-state index is -0.391. The lowest BCUT2D eigenvalue weighted by Gasteiger charge is -2.16. The Morgan fingerprint density at radius 1 is 1.20 bits per heavy atom. The summed E-state index contributed by atoms with van der Waals surface area (Å²) in [5, 5.41) is 7.40. The third kappa shape index (κ3) is 4.17. The summed E-state index contributed by atoms with van der Waals surface area (Å²) in [6, 6.07) is 17.8. The Labute approximate surface area is 156 Å². The summed E-state index contributed by atoms with van der Waals surface area (Å²) >= 11 is 3.48. The van der Waals surface area contributed by atoms with E-state index < -0.39 is 6.04 Å². The predicted molar refractivity (Wildman–Crippen MR) is 103 cm³/mol. The molecule has 1 atom stereocenters. The molecular weight excluding hydrogens is 378 g/mol. The standard InChI is InChI=1S/C20H20BrN3O/c1-14-5-3-7-16(11-14)18-9-10-24(23-18)19(20(25)22-2)13-15-6-4-8-17(21)12-15/h3-12,19H,13H2,1-2H3,(H,22,25)/t19-/m0/s1. The molecule has 0 radical (unpaired) electrons. The molecule has 3 aromatic rings. The monoisotopic (exact) mass is 397 g/mol. The summed E-state index contributed by atoms with van der Waals surface area (Å²) in [6.07, 6.45) is 2.45. The van der Waals surface area contributed by atoms with Crippen LogP contribution in [0.15, 0.2) is 65.3 Å². The second-order valence-electron chi connectivity index (χ2n) is 6.01. The zero-order valence-electron chi connectivity index (χ0n) is 14.2. The zero-order valence-corrected chi connectivity index (χ0v) is 15.8. The van der Waals surface area contributed by atoms with Crippen molar-refractivity contribution in [3.63, 3.8) is 0 Å². The summed E-state index contributed by atoms with van der Waals surface area (Å²) in [4.78, 5) is 12.4. The Morgan fingerprint density at radius 2 is 2.00 bits per heavy atom. The molecule has 1 aromatic heterocycles. The molecule has 1 heterocycles. The number of benzene rings is 2. The Balaban J connectivity index is 1.91. The number of hydrogen-bond donors (Lipinski definition) is 1. The Bertz CT molecular complexity index is 888. The van der Waals surface area contributed by atoms with Crippen molar-refractivity contribution in [1.82, 2.24) is 15.1 Å². The van der Waals surface area contributed by atoms with Crippen molar-refractivity contribution in [2.45, 2.75) is 19.4 Å². The van der Waals surface area contributed by atoms with E-state index in [0.717, 1.165) is 21.3 Å². The van der Waals surface area contributed by atoms with E-state index in [1.807, 2.05) is 48.7 Å². The van der Waals surface area contributed by atoms with Gasteiger partial charge in [-0.1, -0.05) is 51.8 Å². The van der Waals surface area contributed by atoms with Crippen LogP contribution >= 0.6 is 15.9 Å². The first-order valence-corrected chi connectivity index (χ1v) is 8.94. The van der Waals surface area contributed by atoms with E-state index >= 15 is 0 Å². The highest BCUT2D eigenvalue weighted by molar-refractivity contribution is 9.10. The minimum Gasteiger partial charge on any atom is -0.357 e. The summed E-state index contributed by atoms with van der Waals surface area (Å²) in [5.74, 6) is -0.0566. The van der Waals surface area contributed by atoms with E-state index in [1.165, 1.54) is 5.56 Å². The van der Waals surface area contributed by atoms with Crippen LogP contribution in [0.2, 0.25) is 0 Å². The first-order chi connectivity index (χ1) is 12.1. The average molecular weight is 398 g/mol. The van der Waals surface area contributed by atoms with Gasteiger partial charge in [0.15, 0.2) is 0 Å². The molecule has 0 bridgehead atoms. The Kier molecular flexibility index (Phi) is 5.34. The minimum absolute atomic E-state index is 0.0566. The summed E-state index contributed by atoms with van der Waals surface area (Å²) in [7, 11) is 1.65. The van der Waals surface area contributed by atoms with Crippen molar-refractivity contribution in [3.05, 3.63) is 76.4 Å². The molecule has 4 nitrogen and oxygen atoms in total. The van der Waals surface area contributed by atoms with Gasteiger partial charge in [-0.15, -0.1) is 0 Å². The molecule has 0 unspecified atom stereocenters. The molecule has 0 aliphatic rings. The highest BCUT2D eigenvalue weighted by Crippen LogP contribution is 2.22. The van der Waals surface area contributed by atoms with Crippen LogP contribution in [0.3, 0.4) is 0 Å². The van der Waals surface area contributed by atoms with Crippen LogP contribution in [0.5, 0.6) is 0 Å². The first kappa shape index (κ1) is 17.4. The van der Waals surface area contributed by atoms with Crippen LogP contribution in [-0.4, -0.2) is 22.7 Å². The lowest BCUT2D eigenvalue weighted by Crippen LogP contribution is -2.31. The molecule has 5 heteroatoms. The maximum atomic E-state index is 12.4. The number of aryl methyl sites for hydroxylation is 1. The predicted octanol–water partition coefficient (Wildman–Crippen LogP) is 4.15. The van der Waals surface area contributed by atoms with Crippen LogP contribution in [0, 0.1) is 6.92 Å². The third-order valence-electron chi connectivity index (χ3n) is 4.11. The number of nitrogens with one attached hydrogen (secondary N) is 1. The Hall–Kier alpha value is -2.40. The van der Waals surface area contributed by atoms with Gasteiger partial charge >= 0.3 is 0 Å². The molecule has 1 N–H and O–H groups in total. The fraction of sp³-hybridized carbons (Fsp3) is 0.200. The molecule has 128 valence electrons. The number of amides is 1. The maximum absolute atomic E-state index is 12.4. The van der Waals surface area contributed by atoms with Gasteiger partial charge in [0.2, 0.25) is 5.91 Å². The van der Waals surface area contributed by atoms with Crippen LogP contribution in [-0.2, 0) is 11.2 Å². The highest BCUT2D eigenvalue weighted by atomic mass is 79.9. The molecule has 1 amide bonds. The Morgan fingerprint density at radius 3 is 2.72 bits per heavy atom. The van der Waals surface area contributed by atoms with Gasteiger partial charge in [0.25, 0.3) is 0 Å². The number of halogens is 1. The second kappa shape index (κ2) is 7.66. The van der Waals surface area contributed by atoms with E-state index in [4.69, 9.17) is 0 Å². The van der Waals surface area contributed by atoms with Crippen molar-refractivity contribution in [2.75, 3.05) is 7.05 Å². The number of carbonyl (C=O) groups excluding carboxylic acids is 1. The largest absolute Gasteiger partial charge is 0.357 e. The molecule has 0 saturated carbocycles. The lowest BCUT2D eigenvalue weighted by molar-refractivity contribution is -0.124. The van der Waals surface area contributed by atoms with Gasteiger partial charge in [0, 0.05) is 29.7 Å². The maximum Gasteiger partial charge on any atom is 0.244 e. The normalized spacial score (nSPS) is 12.0. The quantitative estimate of drug-likeness (QED) is 0.702. The number of nitrogens with zero attached hydrogens (tertiary/aromatic N) is 2. The lowest BCUT2D eigenvalue weighted by atomic mass is 10.1. The van der Waals surface area contributed by atoms with Crippen molar-refractivity contribution in [3.8, 4) is 11.3 Å². The van der Waals surface area contributed by atoms with Crippen molar-refractivity contribution >= 4 is 21.8 Å². The van der Waals surface area contributed by atoms with Gasteiger partial charge < -0.3 is 5.32 Å². The van der Waals surface area contributed by atoms with E-state index in [2.05, 4.69) is 45.4 Å². The molecule has 0 aliphatic carbocycles. The van der Waals surface area contributed by atoms with Gasteiger partial charge in [-0.2, -0.15) is 5.10 Å². The van der Waals surface area contributed by atoms with Crippen LogP contribution in [0.1, 0.15) is 17.2 Å². The topological polar surface area (TPSA) is 46.9 Å². The number of likely N-dealkylation sites (N-methyl/N-ethyl adjacent to an activating group) is 1. The van der Waals surface area contributed by atoms with Crippen molar-refractivity contribution in [2.24, 2.45) is 0 Å². The number of aromatic nitrogens is 2. The summed E-state index contributed by atoms with van der Waals surface area (Å²) in [5.41, 5.74) is 4.18. The number of rotatable bonds is 5. The van der Waals surface area contributed by atoms with Crippen molar-refractivity contribution in [1.29, 1.82) is 0 Å². The van der Waals surface area contributed by atoms with Crippen molar-refractivity contribution < 1.29 is 4.79 Å². The van der Waals surface area contributed by atoms with E-state index in [0.29, 0.717) is 6.42 Å². The number of hydrogen-bond acceptors (Lipinski definition) is 2. The zero-order chi connectivity index (χ0) is 17.8. The molecule has 3 rings (SSSR count). The van der Waals surface area contributed by atoms with Crippen LogP contribution in [0.4, 0.5) is 0 Å². The molecule has 0 fully saturated rings. The fourth-order valence-electron chi connectivity index (χ4n) is 2.83. The van der Waals surface area contributed by atoms with Gasteiger partial charge in [-0.3, -0.25) is 9.48 Å². The van der Waals surface area contributed by atoms with Crippen LogP contribution < -0.4 is 5.32 Å². The molecule has 0 aliphatic heterocycles. The van der Waals surface area contributed by atoms with Crippen LogP contribution in [0.25, 0.3) is 11.3 Å². The number of carbonyl (C=O) groups is 1. The summed E-state index contributed by atoms with van der Waals surface area (Å²) in [6.45, 7) is 2.06. The van der Waals surface area contributed by atoms with Gasteiger partial charge in [0.05, 0.1) is 5.69 Å². The second-order valence-corrected chi connectivity index (χ2v) is 6.93. The smallest absolute Gasteiger partial charge is 0.244 e. The van der Waals surface area contributed by atoms with Gasteiger partial charge in [0.1, 0.15) is 6.04 Å². The third-order valence-corrected chi connectivity index (χ3v) is 4.60. The fourth-order valence-corrected chi connectivity index (χ4v) is 3.28. The molecule has 2 aromatic carbocycles. The van der Waals surface area contributed by atoms with Gasteiger partial charge in [-0.05, 0) is 36.8 Å².